The Labute approximate surface area is 198 Å². The molecule has 3 unspecified atom stereocenters. The zero-order valence-corrected chi connectivity index (χ0v) is 20.3. The number of furan rings is 1. The van der Waals surface area contributed by atoms with Crippen LogP contribution in [0.3, 0.4) is 0 Å². The lowest BCUT2D eigenvalue weighted by molar-refractivity contribution is -0.103. The van der Waals surface area contributed by atoms with Crippen LogP contribution in [0.15, 0.2) is 22.6 Å². The van der Waals surface area contributed by atoms with E-state index in [0.29, 0.717) is 51.6 Å². The van der Waals surface area contributed by atoms with Crippen molar-refractivity contribution in [3.8, 4) is 0 Å². The SMILES string of the molecule is CC1(C)C2CCC(CNC(=O)c3nn(CCCCCCl)c4c3oc3cc(Cl)ccc34)C1C2. The van der Waals surface area contributed by atoms with Gasteiger partial charge in [0.25, 0.3) is 5.91 Å². The number of alkyl halides is 1. The van der Waals surface area contributed by atoms with Gasteiger partial charge in [-0.05, 0) is 67.4 Å². The second-order valence-corrected chi connectivity index (χ2v) is 11.0. The van der Waals surface area contributed by atoms with E-state index in [4.69, 9.17) is 27.6 Å². The smallest absolute Gasteiger partial charge is 0.275 e. The van der Waals surface area contributed by atoms with E-state index in [1.54, 1.807) is 6.07 Å². The highest BCUT2D eigenvalue weighted by molar-refractivity contribution is 6.31. The number of aryl methyl sites for hydroxylation is 1. The van der Waals surface area contributed by atoms with Crippen molar-refractivity contribution in [3.63, 3.8) is 0 Å². The molecule has 0 spiro atoms. The lowest BCUT2D eigenvalue weighted by Crippen LogP contribution is -2.54. The zero-order valence-electron chi connectivity index (χ0n) is 18.8. The summed E-state index contributed by atoms with van der Waals surface area (Å²) in [6, 6.07) is 5.59. The monoisotopic (exact) mass is 475 g/mol. The molecule has 1 amide bonds. The first-order valence-electron chi connectivity index (χ1n) is 11.8. The Morgan fingerprint density at radius 2 is 2.12 bits per heavy atom. The van der Waals surface area contributed by atoms with Crippen LogP contribution in [-0.4, -0.2) is 28.1 Å². The Hall–Kier alpha value is -1.72. The fourth-order valence-electron chi connectivity index (χ4n) is 6.05. The van der Waals surface area contributed by atoms with Crippen LogP contribution in [0.2, 0.25) is 5.02 Å². The van der Waals surface area contributed by atoms with Gasteiger partial charge in [-0.15, -0.1) is 11.6 Å². The topological polar surface area (TPSA) is 60.1 Å². The van der Waals surface area contributed by atoms with Crippen molar-refractivity contribution in [3.05, 3.63) is 28.9 Å². The van der Waals surface area contributed by atoms with E-state index in [-0.39, 0.29) is 5.91 Å². The standard InChI is InChI=1S/C25H31Cl2N3O2/c1-25(2)16-7-6-15(19(25)12-16)14-28-24(31)21-23-22(30(29-21)11-5-3-4-10-26)18-9-8-17(27)13-20(18)32-23/h8-9,13,15-16,19H,3-7,10-12,14H2,1-2H3,(H,28,31). The maximum absolute atomic E-state index is 13.2. The van der Waals surface area contributed by atoms with Crippen LogP contribution in [-0.2, 0) is 6.54 Å². The van der Waals surface area contributed by atoms with Gasteiger partial charge >= 0.3 is 0 Å². The highest BCUT2D eigenvalue weighted by Gasteiger charge is 2.53. The number of nitrogens with one attached hydrogen (secondary N) is 1. The lowest BCUT2D eigenvalue weighted by Gasteiger charge is -2.60. The van der Waals surface area contributed by atoms with E-state index in [2.05, 4.69) is 24.3 Å². The molecule has 32 heavy (non-hydrogen) atoms. The summed E-state index contributed by atoms with van der Waals surface area (Å²) >= 11 is 12.0. The minimum atomic E-state index is -0.154. The number of nitrogens with zero attached hydrogens (tertiary/aromatic N) is 2. The highest BCUT2D eigenvalue weighted by Crippen LogP contribution is 2.61. The zero-order chi connectivity index (χ0) is 22.5. The van der Waals surface area contributed by atoms with Gasteiger partial charge in [0.1, 0.15) is 11.1 Å². The molecule has 2 heterocycles. The molecule has 2 aromatic heterocycles. The van der Waals surface area contributed by atoms with E-state index in [0.717, 1.165) is 42.6 Å². The molecule has 3 saturated carbocycles. The molecule has 3 atom stereocenters. The molecule has 0 aliphatic heterocycles. The molecule has 0 saturated heterocycles. The Morgan fingerprint density at radius 1 is 1.28 bits per heavy atom. The van der Waals surface area contributed by atoms with Crippen molar-refractivity contribution in [2.45, 2.75) is 58.9 Å². The van der Waals surface area contributed by atoms with Crippen LogP contribution >= 0.6 is 23.2 Å². The van der Waals surface area contributed by atoms with Crippen molar-refractivity contribution < 1.29 is 9.21 Å². The molecule has 1 N–H and O–H groups in total. The van der Waals surface area contributed by atoms with Crippen LogP contribution in [0.1, 0.15) is 62.9 Å². The Morgan fingerprint density at radius 3 is 2.88 bits per heavy atom. The van der Waals surface area contributed by atoms with Gasteiger partial charge in [0, 0.05) is 35.4 Å². The first kappa shape index (κ1) is 22.1. The van der Waals surface area contributed by atoms with Crippen LogP contribution < -0.4 is 5.32 Å². The summed E-state index contributed by atoms with van der Waals surface area (Å²) < 4.78 is 8.01. The van der Waals surface area contributed by atoms with Crippen molar-refractivity contribution in [2.75, 3.05) is 12.4 Å². The Kier molecular flexibility index (Phi) is 5.91. The largest absolute Gasteiger partial charge is 0.452 e. The number of hydrogen-bond donors (Lipinski definition) is 1. The van der Waals surface area contributed by atoms with Gasteiger partial charge in [0.15, 0.2) is 11.3 Å². The molecule has 3 aliphatic rings. The lowest BCUT2D eigenvalue weighted by atomic mass is 9.45. The van der Waals surface area contributed by atoms with Gasteiger partial charge in [-0.25, -0.2) is 0 Å². The van der Waals surface area contributed by atoms with Crippen molar-refractivity contribution in [2.24, 2.45) is 23.2 Å². The summed E-state index contributed by atoms with van der Waals surface area (Å²) in [6.07, 6.45) is 6.72. The summed E-state index contributed by atoms with van der Waals surface area (Å²) in [4.78, 5) is 13.2. The predicted molar refractivity (Wildman–Crippen MR) is 130 cm³/mol. The van der Waals surface area contributed by atoms with Gasteiger partial charge in [-0.1, -0.05) is 31.9 Å². The van der Waals surface area contributed by atoms with E-state index >= 15 is 0 Å². The summed E-state index contributed by atoms with van der Waals surface area (Å²) in [6.45, 7) is 6.19. The molecular formula is C25H31Cl2N3O2. The van der Waals surface area contributed by atoms with Gasteiger partial charge in [0.05, 0.1) is 0 Å². The third-order valence-electron chi connectivity index (χ3n) is 8.06. The maximum Gasteiger partial charge on any atom is 0.275 e. The molecule has 172 valence electrons. The number of rotatable bonds is 8. The number of unbranched alkanes of at least 4 members (excludes halogenated alkanes) is 2. The number of fused-ring (bicyclic) bond motifs is 5. The molecule has 3 aliphatic carbocycles. The van der Waals surface area contributed by atoms with Gasteiger partial charge in [0.2, 0.25) is 0 Å². The predicted octanol–water partition coefficient (Wildman–Crippen LogP) is 6.65. The molecule has 0 radical (unpaired) electrons. The van der Waals surface area contributed by atoms with Gasteiger partial charge < -0.3 is 9.73 Å². The summed E-state index contributed by atoms with van der Waals surface area (Å²) in [5.41, 5.74) is 2.87. The molecule has 3 aromatic rings. The first-order valence-corrected chi connectivity index (χ1v) is 12.7. The Bertz CT molecular complexity index is 1150. The number of halogens is 2. The molecule has 6 rings (SSSR count). The molecule has 7 heteroatoms. The molecule has 5 nitrogen and oxygen atoms in total. The van der Waals surface area contributed by atoms with Crippen LogP contribution in [0.25, 0.3) is 22.1 Å². The average molecular weight is 476 g/mol. The van der Waals surface area contributed by atoms with Crippen LogP contribution in [0.5, 0.6) is 0 Å². The number of carbonyl (C=O) groups excluding carboxylic acids is 1. The van der Waals surface area contributed by atoms with Crippen LogP contribution in [0.4, 0.5) is 0 Å². The Balaban J connectivity index is 1.39. The third-order valence-corrected chi connectivity index (χ3v) is 8.57. The normalized spacial score (nSPS) is 24.1. The quantitative estimate of drug-likeness (QED) is 0.293. The minimum absolute atomic E-state index is 0.154. The third kappa shape index (κ3) is 3.71. The molecule has 1 aromatic carbocycles. The van der Waals surface area contributed by atoms with Gasteiger partial charge in [-0.3, -0.25) is 9.48 Å². The van der Waals surface area contributed by atoms with Crippen LogP contribution in [0, 0.1) is 23.2 Å². The maximum atomic E-state index is 13.2. The minimum Gasteiger partial charge on any atom is -0.452 e. The molecular weight excluding hydrogens is 445 g/mol. The fourth-order valence-corrected chi connectivity index (χ4v) is 6.40. The second-order valence-electron chi connectivity index (χ2n) is 10.1. The molecule has 2 bridgehead atoms. The fraction of sp³-hybridized carbons (Fsp3) is 0.600. The second kappa shape index (κ2) is 8.57. The highest BCUT2D eigenvalue weighted by atomic mass is 35.5. The van der Waals surface area contributed by atoms with Crippen molar-refractivity contribution in [1.29, 1.82) is 0 Å². The number of benzene rings is 1. The number of amides is 1. The van der Waals surface area contributed by atoms with E-state index in [1.165, 1.54) is 19.3 Å². The summed E-state index contributed by atoms with van der Waals surface area (Å²) in [5, 5.41) is 9.41. The summed E-state index contributed by atoms with van der Waals surface area (Å²) in [5.74, 6) is 2.61. The van der Waals surface area contributed by atoms with Gasteiger partial charge in [-0.2, -0.15) is 5.10 Å². The van der Waals surface area contributed by atoms with E-state index in [1.807, 2.05) is 16.8 Å². The first-order chi connectivity index (χ1) is 15.4. The molecule has 3 fully saturated rings. The number of aromatic nitrogens is 2. The average Bonchev–Trinajstić information content (AvgIpc) is 3.32. The van der Waals surface area contributed by atoms with E-state index in [9.17, 15) is 4.79 Å². The number of carbonyl (C=O) groups is 1. The van der Waals surface area contributed by atoms with Crippen molar-refractivity contribution >= 4 is 51.2 Å². The van der Waals surface area contributed by atoms with Crippen molar-refractivity contribution in [1.82, 2.24) is 15.1 Å². The number of hydrogen-bond acceptors (Lipinski definition) is 3. The summed E-state index contributed by atoms with van der Waals surface area (Å²) in [7, 11) is 0. The van der Waals surface area contributed by atoms with E-state index < -0.39 is 0 Å².